The summed E-state index contributed by atoms with van der Waals surface area (Å²) in [6.07, 6.45) is 3.09. The molecule has 0 aliphatic heterocycles. The summed E-state index contributed by atoms with van der Waals surface area (Å²) in [7, 11) is 0. The fourth-order valence-corrected chi connectivity index (χ4v) is 2.31. The van der Waals surface area contributed by atoms with Gasteiger partial charge in [0.25, 0.3) is 0 Å². The summed E-state index contributed by atoms with van der Waals surface area (Å²) in [5, 5.41) is 9.40. The number of halogens is 1. The number of hydrogen-bond donors (Lipinski definition) is 1. The zero-order chi connectivity index (χ0) is 11.3. The molecule has 0 aromatic heterocycles. The van der Waals surface area contributed by atoms with Crippen molar-refractivity contribution in [2.24, 2.45) is 5.41 Å². The Labute approximate surface area is 97.1 Å². The highest BCUT2D eigenvalue weighted by atomic mass is 35.5. The first kappa shape index (κ1) is 12.4. The zero-order valence-corrected chi connectivity index (χ0v) is 10.2. The van der Waals surface area contributed by atoms with Crippen LogP contribution in [0.5, 0.6) is 5.75 Å². The van der Waals surface area contributed by atoms with Gasteiger partial charge in [-0.2, -0.15) is 0 Å². The number of phenols is 1. The monoisotopic (exact) mass is 226 g/mol. The van der Waals surface area contributed by atoms with Gasteiger partial charge in [-0.25, -0.2) is 0 Å². The fourth-order valence-electron chi connectivity index (χ4n) is 1.84. The highest BCUT2D eigenvalue weighted by Gasteiger charge is 2.25. The molecule has 1 aromatic rings. The Balaban J connectivity index is 2.82. The van der Waals surface area contributed by atoms with E-state index in [1.807, 2.05) is 18.2 Å². The van der Waals surface area contributed by atoms with Gasteiger partial charge in [0.05, 0.1) is 0 Å². The first-order valence-electron chi connectivity index (χ1n) is 5.49. The second kappa shape index (κ2) is 5.41. The van der Waals surface area contributed by atoms with Crippen LogP contribution in [0.15, 0.2) is 24.3 Å². The van der Waals surface area contributed by atoms with Gasteiger partial charge in [-0.05, 0) is 42.4 Å². The normalized spacial score (nSPS) is 11.7. The van der Waals surface area contributed by atoms with E-state index in [2.05, 4.69) is 13.8 Å². The molecule has 0 bridgehead atoms. The SMILES string of the molecule is CCC(CC)(CCl)Cc1cccc(O)c1. The highest BCUT2D eigenvalue weighted by Crippen LogP contribution is 2.32. The van der Waals surface area contributed by atoms with Gasteiger partial charge in [0.15, 0.2) is 0 Å². The standard InChI is InChI=1S/C13H19ClO/c1-3-13(4-2,10-14)9-11-6-5-7-12(15)8-11/h5-8,15H,3-4,9-10H2,1-2H3. The Morgan fingerprint density at radius 1 is 1.27 bits per heavy atom. The van der Waals surface area contributed by atoms with E-state index in [9.17, 15) is 5.11 Å². The van der Waals surface area contributed by atoms with Crippen molar-refractivity contribution in [3.63, 3.8) is 0 Å². The minimum atomic E-state index is 0.176. The number of benzene rings is 1. The Morgan fingerprint density at radius 2 is 1.93 bits per heavy atom. The molecule has 0 aliphatic rings. The lowest BCUT2D eigenvalue weighted by Gasteiger charge is -2.29. The van der Waals surface area contributed by atoms with Crippen LogP contribution in [0.2, 0.25) is 0 Å². The van der Waals surface area contributed by atoms with Crippen LogP contribution in [0.25, 0.3) is 0 Å². The third kappa shape index (κ3) is 3.13. The minimum Gasteiger partial charge on any atom is -0.508 e. The lowest BCUT2D eigenvalue weighted by molar-refractivity contribution is 0.301. The lowest BCUT2D eigenvalue weighted by Crippen LogP contribution is -2.23. The van der Waals surface area contributed by atoms with Crippen LogP contribution >= 0.6 is 11.6 Å². The van der Waals surface area contributed by atoms with Gasteiger partial charge in [0, 0.05) is 5.88 Å². The summed E-state index contributed by atoms with van der Waals surface area (Å²) < 4.78 is 0. The average Bonchev–Trinajstić information content (AvgIpc) is 2.26. The maximum Gasteiger partial charge on any atom is 0.115 e. The second-order valence-electron chi connectivity index (χ2n) is 4.19. The molecule has 1 rings (SSSR count). The van der Waals surface area contributed by atoms with Crippen molar-refractivity contribution in [3.05, 3.63) is 29.8 Å². The molecule has 0 heterocycles. The highest BCUT2D eigenvalue weighted by molar-refractivity contribution is 6.18. The first-order chi connectivity index (χ1) is 7.15. The molecular formula is C13H19ClO. The third-order valence-electron chi connectivity index (χ3n) is 3.27. The lowest BCUT2D eigenvalue weighted by atomic mass is 9.79. The van der Waals surface area contributed by atoms with Crippen molar-refractivity contribution in [3.8, 4) is 5.75 Å². The van der Waals surface area contributed by atoms with Gasteiger partial charge in [-0.3, -0.25) is 0 Å². The maximum atomic E-state index is 9.40. The summed E-state index contributed by atoms with van der Waals surface area (Å²) in [5.74, 6) is 1.01. The van der Waals surface area contributed by atoms with Crippen molar-refractivity contribution in [2.75, 3.05) is 5.88 Å². The van der Waals surface area contributed by atoms with Crippen LogP contribution in [0.3, 0.4) is 0 Å². The van der Waals surface area contributed by atoms with Crippen LogP contribution in [0.4, 0.5) is 0 Å². The third-order valence-corrected chi connectivity index (χ3v) is 3.84. The predicted octanol–water partition coefficient (Wildman–Crippen LogP) is 3.98. The molecule has 1 N–H and O–H groups in total. The van der Waals surface area contributed by atoms with Crippen molar-refractivity contribution < 1.29 is 5.11 Å². The van der Waals surface area contributed by atoms with Crippen LogP contribution in [-0.4, -0.2) is 11.0 Å². The summed E-state index contributed by atoms with van der Waals surface area (Å²) in [5.41, 5.74) is 1.34. The number of aromatic hydroxyl groups is 1. The van der Waals surface area contributed by atoms with Crippen LogP contribution in [0.1, 0.15) is 32.3 Å². The summed E-state index contributed by atoms with van der Waals surface area (Å²) >= 11 is 6.05. The Kier molecular flexibility index (Phi) is 4.46. The summed E-state index contributed by atoms with van der Waals surface area (Å²) in [6, 6.07) is 7.46. The molecule has 0 saturated carbocycles. The molecule has 0 atom stereocenters. The molecule has 0 fully saturated rings. The fraction of sp³-hybridized carbons (Fsp3) is 0.538. The average molecular weight is 227 g/mol. The molecule has 0 unspecified atom stereocenters. The van der Waals surface area contributed by atoms with Crippen LogP contribution in [0, 0.1) is 5.41 Å². The van der Waals surface area contributed by atoms with E-state index in [0.29, 0.717) is 11.6 Å². The van der Waals surface area contributed by atoms with Crippen molar-refractivity contribution in [2.45, 2.75) is 33.1 Å². The van der Waals surface area contributed by atoms with E-state index in [0.717, 1.165) is 19.3 Å². The molecule has 0 amide bonds. The van der Waals surface area contributed by atoms with Gasteiger partial charge in [-0.15, -0.1) is 11.6 Å². The molecule has 84 valence electrons. The van der Waals surface area contributed by atoms with Gasteiger partial charge in [0.1, 0.15) is 5.75 Å². The molecule has 1 nitrogen and oxygen atoms in total. The number of rotatable bonds is 5. The molecular weight excluding hydrogens is 208 g/mol. The number of phenolic OH excluding ortho intramolecular Hbond substituents is 1. The van der Waals surface area contributed by atoms with E-state index < -0.39 is 0 Å². The largest absolute Gasteiger partial charge is 0.508 e. The van der Waals surface area contributed by atoms with E-state index in [1.54, 1.807) is 6.07 Å². The van der Waals surface area contributed by atoms with E-state index in [4.69, 9.17) is 11.6 Å². The maximum absolute atomic E-state index is 9.40. The molecule has 1 aromatic carbocycles. The van der Waals surface area contributed by atoms with E-state index in [-0.39, 0.29) is 5.41 Å². The summed E-state index contributed by atoms with van der Waals surface area (Å²) in [6.45, 7) is 4.35. The molecule has 0 spiro atoms. The first-order valence-corrected chi connectivity index (χ1v) is 6.03. The van der Waals surface area contributed by atoms with E-state index in [1.165, 1.54) is 5.56 Å². The topological polar surface area (TPSA) is 20.2 Å². The summed E-state index contributed by atoms with van der Waals surface area (Å²) in [4.78, 5) is 0. The van der Waals surface area contributed by atoms with Crippen molar-refractivity contribution in [1.82, 2.24) is 0 Å². The molecule has 0 radical (unpaired) electrons. The molecule has 0 saturated heterocycles. The van der Waals surface area contributed by atoms with Crippen molar-refractivity contribution >= 4 is 11.6 Å². The van der Waals surface area contributed by atoms with Gasteiger partial charge in [0.2, 0.25) is 0 Å². The molecule has 15 heavy (non-hydrogen) atoms. The van der Waals surface area contributed by atoms with Gasteiger partial charge in [-0.1, -0.05) is 26.0 Å². The van der Waals surface area contributed by atoms with Crippen LogP contribution in [-0.2, 0) is 6.42 Å². The Hall–Kier alpha value is -0.690. The van der Waals surface area contributed by atoms with Gasteiger partial charge >= 0.3 is 0 Å². The smallest absolute Gasteiger partial charge is 0.115 e. The predicted molar refractivity (Wildman–Crippen MR) is 65.5 cm³/mol. The molecule has 2 heteroatoms. The van der Waals surface area contributed by atoms with E-state index >= 15 is 0 Å². The number of alkyl halides is 1. The van der Waals surface area contributed by atoms with Crippen molar-refractivity contribution in [1.29, 1.82) is 0 Å². The second-order valence-corrected chi connectivity index (χ2v) is 4.45. The zero-order valence-electron chi connectivity index (χ0n) is 9.46. The Bertz CT molecular complexity index is 297. The number of hydrogen-bond acceptors (Lipinski definition) is 1. The van der Waals surface area contributed by atoms with Gasteiger partial charge < -0.3 is 5.11 Å². The molecule has 0 aliphatic carbocycles. The minimum absolute atomic E-state index is 0.176. The Morgan fingerprint density at radius 3 is 2.40 bits per heavy atom. The quantitative estimate of drug-likeness (QED) is 0.753. The van der Waals surface area contributed by atoms with Crippen LogP contribution < -0.4 is 0 Å².